The zero-order chi connectivity index (χ0) is 15.8. The Morgan fingerprint density at radius 3 is 2.38 bits per heavy atom. The molecule has 21 heavy (non-hydrogen) atoms. The number of alkyl carbamates (subject to hydrolysis) is 1. The van der Waals surface area contributed by atoms with E-state index in [9.17, 15) is 14.4 Å². The number of carboxylic acids is 1. The van der Waals surface area contributed by atoms with Crippen molar-refractivity contribution in [2.75, 3.05) is 0 Å². The molecule has 7 heteroatoms. The topological polar surface area (TPSA) is 102 Å². The predicted molar refractivity (Wildman–Crippen MR) is 72.4 cm³/mol. The lowest BCUT2D eigenvalue weighted by atomic mass is 10.2. The van der Waals surface area contributed by atoms with Gasteiger partial charge in [-0.1, -0.05) is 30.3 Å². The van der Waals surface area contributed by atoms with Gasteiger partial charge < -0.3 is 19.9 Å². The summed E-state index contributed by atoms with van der Waals surface area (Å²) in [5, 5.41) is 11.2. The lowest BCUT2D eigenvalue weighted by Gasteiger charge is -2.20. The third kappa shape index (κ3) is 5.94. The molecule has 0 spiro atoms. The maximum Gasteiger partial charge on any atom is 0.408 e. The molecule has 0 aromatic heterocycles. The van der Waals surface area contributed by atoms with Gasteiger partial charge in [0, 0.05) is 6.92 Å². The van der Waals surface area contributed by atoms with Gasteiger partial charge >= 0.3 is 18.0 Å². The number of rotatable bonds is 6. The molecule has 1 amide bonds. The fraction of sp³-hybridized carbons (Fsp3) is 0.357. The zero-order valence-corrected chi connectivity index (χ0v) is 11.7. The first-order valence-electron chi connectivity index (χ1n) is 6.27. The van der Waals surface area contributed by atoms with Crippen molar-refractivity contribution in [3.63, 3.8) is 0 Å². The van der Waals surface area contributed by atoms with Crippen molar-refractivity contribution in [3.8, 4) is 0 Å². The smallest absolute Gasteiger partial charge is 0.408 e. The van der Waals surface area contributed by atoms with E-state index in [1.165, 1.54) is 6.92 Å². The number of nitrogens with one attached hydrogen (secondary N) is 1. The largest absolute Gasteiger partial charge is 0.480 e. The molecule has 0 unspecified atom stereocenters. The number of hydrogen-bond donors (Lipinski definition) is 2. The van der Waals surface area contributed by atoms with Crippen LogP contribution in [-0.2, 0) is 25.7 Å². The maximum atomic E-state index is 11.6. The lowest BCUT2D eigenvalue weighted by Crippen LogP contribution is -2.49. The van der Waals surface area contributed by atoms with Gasteiger partial charge in [-0.2, -0.15) is 0 Å². The Labute approximate surface area is 121 Å². The Balaban J connectivity index is 2.52. The van der Waals surface area contributed by atoms with Crippen molar-refractivity contribution in [1.82, 2.24) is 5.32 Å². The summed E-state index contributed by atoms with van der Waals surface area (Å²) in [5.74, 6) is -1.95. The van der Waals surface area contributed by atoms with Gasteiger partial charge in [0.2, 0.25) is 0 Å². The summed E-state index contributed by atoms with van der Waals surface area (Å²) in [6, 6.07) is 7.56. The molecule has 0 saturated heterocycles. The number of aliphatic carboxylic acids is 1. The van der Waals surface area contributed by atoms with Crippen LogP contribution in [0, 0.1) is 0 Å². The molecule has 2 atom stereocenters. The summed E-state index contributed by atoms with van der Waals surface area (Å²) < 4.78 is 9.66. The monoisotopic (exact) mass is 295 g/mol. The molecule has 7 nitrogen and oxygen atoms in total. The second-order valence-electron chi connectivity index (χ2n) is 4.34. The van der Waals surface area contributed by atoms with Gasteiger partial charge in [-0.05, 0) is 12.5 Å². The van der Waals surface area contributed by atoms with E-state index in [0.29, 0.717) is 0 Å². The van der Waals surface area contributed by atoms with Crippen molar-refractivity contribution in [2.45, 2.75) is 32.6 Å². The normalized spacial score (nSPS) is 12.9. The summed E-state index contributed by atoms with van der Waals surface area (Å²) >= 11 is 0. The van der Waals surface area contributed by atoms with Crippen LogP contribution in [0.25, 0.3) is 0 Å². The van der Waals surface area contributed by atoms with Gasteiger partial charge in [0.25, 0.3) is 0 Å². The van der Waals surface area contributed by atoms with Gasteiger partial charge in [-0.3, -0.25) is 4.79 Å². The van der Waals surface area contributed by atoms with Crippen LogP contribution in [0.3, 0.4) is 0 Å². The van der Waals surface area contributed by atoms with Crippen LogP contribution in [0.1, 0.15) is 19.4 Å². The van der Waals surface area contributed by atoms with Crippen molar-refractivity contribution < 1.29 is 29.0 Å². The van der Waals surface area contributed by atoms with Gasteiger partial charge in [0.05, 0.1) is 0 Å². The highest BCUT2D eigenvalue weighted by molar-refractivity contribution is 5.81. The van der Waals surface area contributed by atoms with Gasteiger partial charge in [0.15, 0.2) is 6.04 Å². The quantitative estimate of drug-likeness (QED) is 0.767. The maximum absolute atomic E-state index is 11.6. The number of esters is 1. The zero-order valence-electron chi connectivity index (χ0n) is 11.7. The standard InChI is InChI=1S/C14H17NO6/c1-9(21-10(2)16)12(13(17)18)15-14(19)20-8-11-6-4-3-5-7-11/h3-7,9,12H,8H2,1-2H3,(H,15,19)(H,17,18)/t9-,12+/m1/s1. The van der Waals surface area contributed by atoms with Gasteiger partial charge in [0.1, 0.15) is 12.7 Å². The van der Waals surface area contributed by atoms with Crippen molar-refractivity contribution in [2.24, 2.45) is 0 Å². The molecule has 0 fully saturated rings. The molecule has 114 valence electrons. The predicted octanol–water partition coefficient (Wildman–Crippen LogP) is 1.32. The van der Waals surface area contributed by atoms with E-state index in [1.54, 1.807) is 24.3 Å². The molecule has 1 aromatic rings. The molecule has 0 bridgehead atoms. The fourth-order valence-corrected chi connectivity index (χ4v) is 1.60. The van der Waals surface area contributed by atoms with Crippen LogP contribution in [0.5, 0.6) is 0 Å². The first kappa shape index (κ1) is 16.5. The van der Waals surface area contributed by atoms with Crippen molar-refractivity contribution in [3.05, 3.63) is 35.9 Å². The first-order valence-corrected chi connectivity index (χ1v) is 6.27. The first-order chi connectivity index (χ1) is 9.90. The summed E-state index contributed by atoms with van der Waals surface area (Å²) in [7, 11) is 0. The Hall–Kier alpha value is -2.57. The van der Waals surface area contributed by atoms with E-state index in [-0.39, 0.29) is 6.61 Å². The van der Waals surface area contributed by atoms with Gasteiger partial charge in [-0.15, -0.1) is 0 Å². The number of carbonyl (C=O) groups is 3. The van der Waals surface area contributed by atoms with Crippen LogP contribution in [0.15, 0.2) is 30.3 Å². The molecule has 1 aromatic carbocycles. The summed E-state index contributed by atoms with van der Waals surface area (Å²) in [4.78, 5) is 33.5. The third-order valence-corrected chi connectivity index (χ3v) is 2.57. The van der Waals surface area contributed by atoms with Crippen LogP contribution in [-0.4, -0.2) is 35.3 Å². The summed E-state index contributed by atoms with van der Waals surface area (Å²) in [5.41, 5.74) is 0.771. The van der Waals surface area contributed by atoms with E-state index in [2.05, 4.69) is 5.32 Å². The van der Waals surface area contributed by atoms with Gasteiger partial charge in [-0.25, -0.2) is 9.59 Å². The molecule has 0 heterocycles. The number of ether oxygens (including phenoxy) is 2. The molecule has 0 aliphatic carbocycles. The minimum atomic E-state index is -1.38. The molecule has 1 rings (SSSR count). The number of carboxylic acid groups (broad SMARTS) is 1. The molecule has 0 aliphatic rings. The van der Waals surface area contributed by atoms with Crippen LogP contribution in [0.4, 0.5) is 4.79 Å². The molecule has 2 N–H and O–H groups in total. The highest BCUT2D eigenvalue weighted by Gasteiger charge is 2.29. The van der Waals surface area contributed by atoms with Crippen molar-refractivity contribution in [1.29, 1.82) is 0 Å². The van der Waals surface area contributed by atoms with Crippen LogP contribution < -0.4 is 5.32 Å². The third-order valence-electron chi connectivity index (χ3n) is 2.57. The van der Waals surface area contributed by atoms with E-state index >= 15 is 0 Å². The summed E-state index contributed by atoms with van der Waals surface area (Å²) in [6.07, 6.45) is -1.91. The molecular formula is C14H17NO6. The van der Waals surface area contributed by atoms with Crippen molar-refractivity contribution >= 4 is 18.0 Å². The van der Waals surface area contributed by atoms with E-state index in [0.717, 1.165) is 12.5 Å². The minimum absolute atomic E-state index is 0.0148. The molecule has 0 radical (unpaired) electrons. The molecule has 0 aliphatic heterocycles. The van der Waals surface area contributed by atoms with Crippen LogP contribution in [0.2, 0.25) is 0 Å². The highest BCUT2D eigenvalue weighted by atomic mass is 16.6. The lowest BCUT2D eigenvalue weighted by molar-refractivity contribution is -0.152. The highest BCUT2D eigenvalue weighted by Crippen LogP contribution is 2.03. The second-order valence-corrected chi connectivity index (χ2v) is 4.34. The number of benzene rings is 1. The average Bonchev–Trinajstić information content (AvgIpc) is 2.42. The Kier molecular flexibility index (Phi) is 6.19. The fourth-order valence-electron chi connectivity index (χ4n) is 1.60. The van der Waals surface area contributed by atoms with Crippen LogP contribution >= 0.6 is 0 Å². The molecule has 0 saturated carbocycles. The average molecular weight is 295 g/mol. The number of amides is 1. The summed E-state index contributed by atoms with van der Waals surface area (Å²) in [6.45, 7) is 2.54. The Bertz CT molecular complexity index is 501. The Morgan fingerprint density at radius 2 is 1.86 bits per heavy atom. The number of hydrogen-bond acceptors (Lipinski definition) is 5. The second kappa shape index (κ2) is 7.88. The Morgan fingerprint density at radius 1 is 1.24 bits per heavy atom. The SMILES string of the molecule is CC(=O)O[C@H](C)[C@H](NC(=O)OCc1ccccc1)C(=O)O. The molecular weight excluding hydrogens is 278 g/mol. The number of carbonyl (C=O) groups excluding carboxylic acids is 2. The van der Waals surface area contributed by atoms with E-state index < -0.39 is 30.2 Å². The minimum Gasteiger partial charge on any atom is -0.480 e. The van der Waals surface area contributed by atoms with E-state index in [1.807, 2.05) is 6.07 Å². The van der Waals surface area contributed by atoms with E-state index in [4.69, 9.17) is 14.6 Å².